The van der Waals surface area contributed by atoms with Crippen LogP contribution in [-0.4, -0.2) is 43.3 Å². The maximum Gasteiger partial charge on any atom is 0.352 e. The van der Waals surface area contributed by atoms with E-state index < -0.39 is 11.9 Å². The smallest absolute Gasteiger partial charge is 0.352 e. The number of ether oxygens (including phenoxy) is 3. The van der Waals surface area contributed by atoms with Crippen LogP contribution in [-0.2, 0) is 11.2 Å². The van der Waals surface area contributed by atoms with Gasteiger partial charge in [-0.25, -0.2) is 4.79 Å². The maximum atomic E-state index is 12.7. The number of halogens is 1. The molecule has 8 nitrogen and oxygen atoms in total. The Morgan fingerprint density at radius 1 is 1.07 bits per heavy atom. The Balaban J connectivity index is 1.93. The van der Waals surface area contributed by atoms with Crippen LogP contribution in [0.3, 0.4) is 0 Å². The fourth-order valence-corrected chi connectivity index (χ4v) is 3.28. The fourth-order valence-electron chi connectivity index (χ4n) is 3.11. The Labute approximate surface area is 171 Å². The summed E-state index contributed by atoms with van der Waals surface area (Å²) in [5, 5.41) is 13.2. The second-order valence-corrected chi connectivity index (χ2v) is 6.55. The first-order valence-electron chi connectivity index (χ1n) is 8.51. The number of aromatic nitrogens is 1. The summed E-state index contributed by atoms with van der Waals surface area (Å²) in [4.78, 5) is 27.1. The molecule has 0 unspecified atom stereocenters. The molecule has 0 saturated carbocycles. The first-order valence-corrected chi connectivity index (χ1v) is 8.89. The van der Waals surface area contributed by atoms with Gasteiger partial charge in [0.15, 0.2) is 11.5 Å². The zero-order valence-corrected chi connectivity index (χ0v) is 16.7. The molecule has 0 aliphatic rings. The largest absolute Gasteiger partial charge is 0.493 e. The number of aromatic amines is 1. The molecule has 1 heterocycles. The first kappa shape index (κ1) is 20.3. The van der Waals surface area contributed by atoms with E-state index >= 15 is 0 Å². The lowest BCUT2D eigenvalue weighted by Gasteiger charge is -2.14. The summed E-state index contributed by atoms with van der Waals surface area (Å²) < 4.78 is 15.8. The Hall–Kier alpha value is -3.39. The molecule has 152 valence electrons. The van der Waals surface area contributed by atoms with Gasteiger partial charge in [0.1, 0.15) is 5.69 Å². The molecule has 0 radical (unpaired) electrons. The number of hydrogen-bond acceptors (Lipinski definition) is 5. The van der Waals surface area contributed by atoms with E-state index in [0.29, 0.717) is 44.4 Å². The quantitative estimate of drug-likeness (QED) is 0.539. The third-order valence-electron chi connectivity index (χ3n) is 4.37. The summed E-state index contributed by atoms with van der Waals surface area (Å²) in [6.45, 7) is 0. The number of fused-ring (bicyclic) bond motifs is 1. The fraction of sp³-hybridized carbons (Fsp3) is 0.200. The normalized spacial score (nSPS) is 10.6. The van der Waals surface area contributed by atoms with Crippen molar-refractivity contribution in [3.05, 3.63) is 46.6 Å². The number of carboxylic acids is 1. The lowest BCUT2D eigenvalue weighted by molar-refractivity contribution is -0.115. The average Bonchev–Trinajstić information content (AvgIpc) is 3.04. The van der Waals surface area contributed by atoms with Crippen molar-refractivity contribution in [3.63, 3.8) is 0 Å². The van der Waals surface area contributed by atoms with Crippen LogP contribution in [0.15, 0.2) is 30.3 Å². The minimum absolute atomic E-state index is 0.0534. The summed E-state index contributed by atoms with van der Waals surface area (Å²) in [7, 11) is 4.42. The molecule has 29 heavy (non-hydrogen) atoms. The van der Waals surface area contributed by atoms with Gasteiger partial charge in [-0.05, 0) is 18.2 Å². The topological polar surface area (TPSA) is 110 Å². The van der Waals surface area contributed by atoms with E-state index in [0.717, 1.165) is 0 Å². The number of carboxylic acid groups (broad SMARTS) is 1. The molecule has 0 bridgehead atoms. The highest BCUT2D eigenvalue weighted by atomic mass is 35.5. The van der Waals surface area contributed by atoms with Crippen LogP contribution in [0.2, 0.25) is 5.02 Å². The Bertz CT molecular complexity index is 1070. The van der Waals surface area contributed by atoms with Crippen LogP contribution < -0.4 is 19.5 Å². The number of carbonyl (C=O) groups excluding carboxylic acids is 1. The van der Waals surface area contributed by atoms with Crippen molar-refractivity contribution in [2.75, 3.05) is 26.6 Å². The molecule has 1 aromatic heterocycles. The predicted octanol–water partition coefficient (Wildman–Crippen LogP) is 3.73. The average molecular weight is 419 g/mol. The lowest BCUT2D eigenvalue weighted by Crippen LogP contribution is -2.16. The number of aromatic carboxylic acids is 1. The highest BCUT2D eigenvalue weighted by Gasteiger charge is 2.21. The van der Waals surface area contributed by atoms with E-state index in [1.54, 1.807) is 30.3 Å². The van der Waals surface area contributed by atoms with Gasteiger partial charge < -0.3 is 29.6 Å². The summed E-state index contributed by atoms with van der Waals surface area (Å²) >= 11 is 6.04. The lowest BCUT2D eigenvalue weighted by atomic mass is 10.1. The number of anilines is 1. The number of H-pyrrole nitrogens is 1. The van der Waals surface area contributed by atoms with Gasteiger partial charge in [0.05, 0.1) is 27.8 Å². The molecule has 3 rings (SSSR count). The number of carbonyl (C=O) groups is 2. The molecule has 3 aromatic rings. The molecule has 9 heteroatoms. The summed E-state index contributed by atoms with van der Waals surface area (Å²) in [6.07, 6.45) is -0.168. The van der Waals surface area contributed by atoms with Gasteiger partial charge in [0, 0.05) is 39.3 Å². The van der Waals surface area contributed by atoms with E-state index in [9.17, 15) is 14.7 Å². The van der Waals surface area contributed by atoms with Crippen LogP contribution in [0.4, 0.5) is 5.69 Å². The Morgan fingerprint density at radius 3 is 2.28 bits per heavy atom. The van der Waals surface area contributed by atoms with Gasteiger partial charge >= 0.3 is 5.97 Å². The SMILES string of the molecule is COc1cc(NC(=O)Cc2c(C(=O)O)[nH]c3ccc(Cl)cc23)cc(OC)c1OC. The summed E-state index contributed by atoms with van der Waals surface area (Å²) in [5.41, 5.74) is 1.30. The summed E-state index contributed by atoms with van der Waals surface area (Å²) in [5.74, 6) is -0.414. The number of rotatable bonds is 7. The first-order chi connectivity index (χ1) is 13.9. The Morgan fingerprint density at radius 2 is 1.72 bits per heavy atom. The van der Waals surface area contributed by atoms with Crippen molar-refractivity contribution in [2.24, 2.45) is 0 Å². The van der Waals surface area contributed by atoms with E-state index in [2.05, 4.69) is 10.3 Å². The van der Waals surface area contributed by atoms with Crippen molar-refractivity contribution in [2.45, 2.75) is 6.42 Å². The molecule has 1 amide bonds. The van der Waals surface area contributed by atoms with E-state index in [-0.39, 0.29) is 12.1 Å². The number of nitrogens with one attached hydrogen (secondary N) is 2. The van der Waals surface area contributed by atoms with E-state index in [4.69, 9.17) is 25.8 Å². The monoisotopic (exact) mass is 418 g/mol. The number of amides is 1. The molecular weight excluding hydrogens is 400 g/mol. The third-order valence-corrected chi connectivity index (χ3v) is 4.60. The number of benzene rings is 2. The van der Waals surface area contributed by atoms with Crippen molar-refractivity contribution in [1.29, 1.82) is 0 Å². The Kier molecular flexibility index (Phi) is 5.84. The van der Waals surface area contributed by atoms with Crippen LogP contribution in [0, 0.1) is 0 Å². The molecule has 0 aliphatic heterocycles. The molecule has 0 atom stereocenters. The number of methoxy groups -OCH3 is 3. The number of hydrogen-bond donors (Lipinski definition) is 3. The molecule has 2 aromatic carbocycles. The van der Waals surface area contributed by atoms with Gasteiger partial charge in [-0.2, -0.15) is 0 Å². The van der Waals surface area contributed by atoms with Crippen molar-refractivity contribution < 1.29 is 28.9 Å². The second kappa shape index (κ2) is 8.32. The van der Waals surface area contributed by atoms with Crippen LogP contribution in [0.5, 0.6) is 17.2 Å². The van der Waals surface area contributed by atoms with E-state index in [1.807, 2.05) is 0 Å². The highest BCUT2D eigenvalue weighted by molar-refractivity contribution is 6.31. The van der Waals surface area contributed by atoms with Crippen LogP contribution in [0.1, 0.15) is 16.1 Å². The van der Waals surface area contributed by atoms with Crippen molar-refractivity contribution in [1.82, 2.24) is 4.98 Å². The second-order valence-electron chi connectivity index (χ2n) is 6.11. The molecule has 0 saturated heterocycles. The standard InChI is InChI=1S/C20H19ClN2O6/c1-27-15-7-11(8-16(28-2)19(15)29-3)22-17(24)9-13-12-6-10(21)4-5-14(12)23-18(13)20(25)26/h4-8,23H,9H2,1-3H3,(H,22,24)(H,25,26). The zero-order chi connectivity index (χ0) is 21.1. The van der Waals surface area contributed by atoms with E-state index in [1.165, 1.54) is 21.3 Å². The van der Waals surface area contributed by atoms with Gasteiger partial charge in [0.25, 0.3) is 0 Å². The molecule has 3 N–H and O–H groups in total. The highest BCUT2D eigenvalue weighted by Crippen LogP contribution is 2.40. The maximum absolute atomic E-state index is 12.7. The molecule has 0 fully saturated rings. The van der Waals surface area contributed by atoms with Gasteiger partial charge in [-0.15, -0.1) is 0 Å². The van der Waals surface area contributed by atoms with Crippen LogP contribution >= 0.6 is 11.6 Å². The van der Waals surface area contributed by atoms with Gasteiger partial charge in [-0.3, -0.25) is 4.79 Å². The predicted molar refractivity (Wildman–Crippen MR) is 109 cm³/mol. The zero-order valence-electron chi connectivity index (χ0n) is 16.0. The third kappa shape index (κ3) is 4.07. The minimum atomic E-state index is -1.16. The molecule has 0 aliphatic carbocycles. The van der Waals surface area contributed by atoms with Gasteiger partial charge in [0.2, 0.25) is 11.7 Å². The molecule has 0 spiro atoms. The van der Waals surface area contributed by atoms with Crippen LogP contribution in [0.25, 0.3) is 10.9 Å². The summed E-state index contributed by atoms with van der Waals surface area (Å²) in [6, 6.07) is 8.12. The minimum Gasteiger partial charge on any atom is -0.493 e. The van der Waals surface area contributed by atoms with Crippen molar-refractivity contribution >= 4 is 40.1 Å². The molecular formula is C20H19ClN2O6. The van der Waals surface area contributed by atoms with Crippen molar-refractivity contribution in [3.8, 4) is 17.2 Å². The van der Waals surface area contributed by atoms with Gasteiger partial charge in [-0.1, -0.05) is 11.6 Å².